The molecule has 0 aromatic heterocycles. The number of hydrogen-bond donors (Lipinski definition) is 4. The average molecular weight is 498 g/mol. The molecule has 0 saturated carbocycles. The van der Waals surface area contributed by atoms with Crippen molar-refractivity contribution < 1.29 is 32.3 Å². The Kier molecular flexibility index (Phi) is 7.73. The minimum Gasteiger partial charge on any atom is -0.326 e. The lowest BCUT2D eigenvalue weighted by atomic mass is 10.1. The van der Waals surface area contributed by atoms with Crippen LogP contribution in [0.4, 0.5) is 35.9 Å². The van der Waals surface area contributed by atoms with Gasteiger partial charge in [0.05, 0.1) is 5.56 Å². The van der Waals surface area contributed by atoms with Crippen LogP contribution in [0.2, 0.25) is 0 Å². The fraction of sp³-hybridized carbons (Fsp3) is 0.120. The molecular formula is C25H21F3N4O4. The summed E-state index contributed by atoms with van der Waals surface area (Å²) in [6.45, 7) is 2.58. The fourth-order valence-corrected chi connectivity index (χ4v) is 3.23. The first kappa shape index (κ1) is 25.9. The molecule has 3 aromatic rings. The topological polar surface area (TPSA) is 116 Å². The van der Waals surface area contributed by atoms with E-state index in [1.165, 1.54) is 68.4 Å². The second kappa shape index (κ2) is 10.7. The molecule has 0 atom stereocenters. The Morgan fingerprint density at radius 1 is 0.583 bits per heavy atom. The Hall–Kier alpha value is -4.67. The Morgan fingerprint density at radius 3 is 1.58 bits per heavy atom. The molecule has 0 aliphatic rings. The van der Waals surface area contributed by atoms with E-state index in [1.807, 2.05) is 0 Å². The molecule has 11 heteroatoms. The summed E-state index contributed by atoms with van der Waals surface area (Å²) in [6.07, 6.45) is -4.55. The van der Waals surface area contributed by atoms with Gasteiger partial charge in [0.15, 0.2) is 0 Å². The lowest BCUT2D eigenvalue weighted by Crippen LogP contribution is -2.16. The molecule has 3 aromatic carbocycles. The van der Waals surface area contributed by atoms with Gasteiger partial charge in [-0.05, 0) is 54.6 Å². The highest BCUT2D eigenvalue weighted by Crippen LogP contribution is 2.30. The maximum atomic E-state index is 12.9. The summed E-state index contributed by atoms with van der Waals surface area (Å²) in [6, 6.07) is 14.3. The van der Waals surface area contributed by atoms with Crippen LogP contribution in [0.25, 0.3) is 0 Å². The smallest absolute Gasteiger partial charge is 0.326 e. The van der Waals surface area contributed by atoms with Gasteiger partial charge < -0.3 is 21.3 Å². The van der Waals surface area contributed by atoms with Gasteiger partial charge in [0.1, 0.15) is 0 Å². The summed E-state index contributed by atoms with van der Waals surface area (Å²) in [7, 11) is 0. The molecule has 186 valence electrons. The molecule has 0 unspecified atom stereocenters. The molecule has 0 saturated heterocycles. The zero-order valence-electron chi connectivity index (χ0n) is 19.1. The van der Waals surface area contributed by atoms with Gasteiger partial charge >= 0.3 is 6.18 Å². The third kappa shape index (κ3) is 7.16. The zero-order valence-corrected chi connectivity index (χ0v) is 19.1. The molecule has 8 nitrogen and oxygen atoms in total. The van der Waals surface area contributed by atoms with E-state index in [0.717, 1.165) is 12.1 Å². The highest BCUT2D eigenvalue weighted by atomic mass is 19.4. The van der Waals surface area contributed by atoms with Gasteiger partial charge in [0, 0.05) is 47.7 Å². The molecule has 4 N–H and O–H groups in total. The van der Waals surface area contributed by atoms with E-state index >= 15 is 0 Å². The van der Waals surface area contributed by atoms with Crippen molar-refractivity contribution in [1.29, 1.82) is 0 Å². The zero-order chi connectivity index (χ0) is 26.5. The monoisotopic (exact) mass is 498 g/mol. The van der Waals surface area contributed by atoms with Crippen LogP contribution in [0.1, 0.15) is 40.1 Å². The number of carbonyl (C=O) groups excluding carboxylic acids is 4. The van der Waals surface area contributed by atoms with E-state index in [0.29, 0.717) is 0 Å². The van der Waals surface area contributed by atoms with Gasteiger partial charge in [-0.25, -0.2) is 0 Å². The normalized spacial score (nSPS) is 10.8. The van der Waals surface area contributed by atoms with Crippen molar-refractivity contribution in [3.8, 4) is 0 Å². The van der Waals surface area contributed by atoms with Crippen molar-refractivity contribution >= 4 is 46.4 Å². The molecule has 0 radical (unpaired) electrons. The molecule has 0 fully saturated rings. The number of amides is 4. The number of carbonyl (C=O) groups is 4. The Labute approximate surface area is 203 Å². The Morgan fingerprint density at radius 2 is 1.06 bits per heavy atom. The minimum absolute atomic E-state index is 0.0375. The molecule has 0 heterocycles. The highest BCUT2D eigenvalue weighted by Gasteiger charge is 2.30. The Bertz CT molecular complexity index is 1300. The quantitative estimate of drug-likeness (QED) is 0.377. The van der Waals surface area contributed by atoms with E-state index < -0.39 is 23.6 Å². The lowest BCUT2D eigenvalue weighted by Gasteiger charge is -2.12. The summed E-state index contributed by atoms with van der Waals surface area (Å²) in [5.74, 6) is -2.02. The van der Waals surface area contributed by atoms with Crippen molar-refractivity contribution in [3.63, 3.8) is 0 Å². The van der Waals surface area contributed by atoms with Gasteiger partial charge in [-0.1, -0.05) is 12.1 Å². The first-order valence-electron chi connectivity index (χ1n) is 10.5. The first-order valence-corrected chi connectivity index (χ1v) is 10.5. The van der Waals surface area contributed by atoms with E-state index in [4.69, 9.17) is 0 Å². The molecule has 3 rings (SSSR count). The molecular weight excluding hydrogens is 477 g/mol. The highest BCUT2D eigenvalue weighted by molar-refractivity contribution is 6.08. The Balaban J connectivity index is 1.79. The minimum atomic E-state index is -4.55. The molecule has 0 spiro atoms. The van der Waals surface area contributed by atoms with Crippen molar-refractivity contribution in [1.82, 2.24) is 0 Å². The second-order valence-corrected chi connectivity index (χ2v) is 7.73. The maximum absolute atomic E-state index is 12.9. The molecule has 36 heavy (non-hydrogen) atoms. The van der Waals surface area contributed by atoms with Crippen LogP contribution < -0.4 is 21.3 Å². The number of rotatable bonds is 6. The van der Waals surface area contributed by atoms with Crippen LogP contribution >= 0.6 is 0 Å². The summed E-state index contributed by atoms with van der Waals surface area (Å²) in [5.41, 5.74) is 0.0786. The van der Waals surface area contributed by atoms with Crippen LogP contribution in [0.15, 0.2) is 66.7 Å². The lowest BCUT2D eigenvalue weighted by molar-refractivity contribution is -0.137. The summed E-state index contributed by atoms with van der Waals surface area (Å²) in [4.78, 5) is 48.3. The van der Waals surface area contributed by atoms with Crippen molar-refractivity contribution in [2.45, 2.75) is 20.0 Å². The van der Waals surface area contributed by atoms with E-state index in [1.54, 1.807) is 0 Å². The largest absolute Gasteiger partial charge is 0.416 e. The predicted octanol–water partition coefficient (Wildman–Crippen LogP) is 5.13. The van der Waals surface area contributed by atoms with E-state index in [9.17, 15) is 32.3 Å². The molecule has 0 bridgehead atoms. The molecule has 4 amide bonds. The van der Waals surface area contributed by atoms with Gasteiger partial charge in [0.2, 0.25) is 11.8 Å². The number of nitrogens with one attached hydrogen (secondary N) is 4. The molecule has 0 aliphatic heterocycles. The van der Waals surface area contributed by atoms with Gasteiger partial charge in [-0.2, -0.15) is 13.2 Å². The number of hydrogen-bond acceptors (Lipinski definition) is 4. The molecule has 0 aliphatic carbocycles. The standard InChI is InChI=1S/C25H21F3N4O4/c1-14(33)29-21-10-17(11-22(13-21)30-15(2)34)24(36)31-19-7-3-5-16(9-19)23(35)32-20-8-4-6-18(12-20)25(26,27)28/h3-13H,1-2H3,(H,29,33)(H,30,34)(H,31,36)(H,32,35). The number of anilines is 4. The number of alkyl halides is 3. The second-order valence-electron chi connectivity index (χ2n) is 7.73. The van der Waals surface area contributed by atoms with Crippen LogP contribution in [-0.4, -0.2) is 23.6 Å². The van der Waals surface area contributed by atoms with Crippen molar-refractivity contribution in [3.05, 3.63) is 83.4 Å². The van der Waals surface area contributed by atoms with E-state index in [-0.39, 0.29) is 45.7 Å². The third-order valence-corrected chi connectivity index (χ3v) is 4.67. The fourth-order valence-electron chi connectivity index (χ4n) is 3.23. The van der Waals surface area contributed by atoms with Gasteiger partial charge in [-0.15, -0.1) is 0 Å². The summed E-state index contributed by atoms with van der Waals surface area (Å²) in [5, 5.41) is 10.1. The van der Waals surface area contributed by atoms with Gasteiger partial charge in [0.25, 0.3) is 11.8 Å². The first-order chi connectivity index (χ1) is 16.9. The van der Waals surface area contributed by atoms with Crippen molar-refractivity contribution in [2.75, 3.05) is 21.3 Å². The average Bonchev–Trinajstić information content (AvgIpc) is 2.78. The van der Waals surface area contributed by atoms with Crippen LogP contribution in [0.5, 0.6) is 0 Å². The van der Waals surface area contributed by atoms with E-state index in [2.05, 4.69) is 21.3 Å². The predicted molar refractivity (Wildman–Crippen MR) is 129 cm³/mol. The number of halogens is 3. The summed E-state index contributed by atoms with van der Waals surface area (Å²) < 4.78 is 38.8. The maximum Gasteiger partial charge on any atom is 0.416 e. The van der Waals surface area contributed by atoms with Gasteiger partial charge in [-0.3, -0.25) is 19.2 Å². The van der Waals surface area contributed by atoms with Crippen LogP contribution in [0, 0.1) is 0 Å². The number of benzene rings is 3. The SMILES string of the molecule is CC(=O)Nc1cc(NC(C)=O)cc(C(=O)Nc2cccc(C(=O)Nc3cccc(C(F)(F)F)c3)c2)c1. The third-order valence-electron chi connectivity index (χ3n) is 4.67. The van der Waals surface area contributed by atoms with Crippen LogP contribution in [0.3, 0.4) is 0 Å². The van der Waals surface area contributed by atoms with Crippen LogP contribution in [-0.2, 0) is 15.8 Å². The summed E-state index contributed by atoms with van der Waals surface area (Å²) >= 11 is 0. The van der Waals surface area contributed by atoms with Crippen molar-refractivity contribution in [2.24, 2.45) is 0 Å².